The van der Waals surface area contributed by atoms with Gasteiger partial charge in [-0.15, -0.1) is 0 Å². The molecule has 0 spiro atoms. The first-order valence-electron chi connectivity index (χ1n) is 19.5. The van der Waals surface area contributed by atoms with Gasteiger partial charge in [-0.05, 0) is 116 Å². The van der Waals surface area contributed by atoms with Crippen LogP contribution in [0.5, 0.6) is 23.0 Å². The third kappa shape index (κ3) is 7.98. The summed E-state index contributed by atoms with van der Waals surface area (Å²) in [7, 11) is 1.50. The average Bonchev–Trinajstić information content (AvgIpc) is 3.88. The Morgan fingerprint density at radius 2 is 1.65 bits per heavy atom. The van der Waals surface area contributed by atoms with Crippen molar-refractivity contribution in [3.8, 4) is 23.0 Å². The molecule has 0 saturated heterocycles. The van der Waals surface area contributed by atoms with Crippen LogP contribution in [-0.4, -0.2) is 45.5 Å². The van der Waals surface area contributed by atoms with Gasteiger partial charge in [0.1, 0.15) is 34.7 Å². The van der Waals surface area contributed by atoms with Crippen LogP contribution < -0.4 is 15.2 Å². The summed E-state index contributed by atoms with van der Waals surface area (Å²) in [6.07, 6.45) is 15.8. The van der Waals surface area contributed by atoms with E-state index < -0.39 is 18.1 Å². The molecular formula is C44H55NO7. The summed E-state index contributed by atoms with van der Waals surface area (Å²) in [5.74, 6) is 3.93. The number of carbonyl (C=O) groups is 1. The van der Waals surface area contributed by atoms with Gasteiger partial charge >= 0.3 is 0 Å². The van der Waals surface area contributed by atoms with Gasteiger partial charge in [0.05, 0.1) is 25.7 Å². The SMILES string of the molecule is COc1cc(N)c(C(/C=C/CC(O)CCC2CCC(O)CC2C2CCCCCC3CC32)c2ccc(O)cc2)c2c1C(=O)CC(c1ccc(O)cc1)O2. The third-order valence-electron chi connectivity index (χ3n) is 12.6. The van der Waals surface area contributed by atoms with Crippen LogP contribution in [0.3, 0.4) is 0 Å². The van der Waals surface area contributed by atoms with Crippen molar-refractivity contribution in [3.05, 3.63) is 89.0 Å². The Kier molecular flexibility index (Phi) is 11.1. The zero-order valence-corrected chi connectivity index (χ0v) is 30.3. The van der Waals surface area contributed by atoms with Crippen molar-refractivity contribution in [2.45, 2.75) is 108 Å². The topological polar surface area (TPSA) is 142 Å². The van der Waals surface area contributed by atoms with Crippen molar-refractivity contribution in [1.82, 2.24) is 0 Å². The fraction of sp³-hybridized carbons (Fsp3) is 0.523. The molecule has 3 aliphatic carbocycles. The summed E-state index contributed by atoms with van der Waals surface area (Å²) in [4.78, 5) is 13.7. The first-order valence-corrected chi connectivity index (χ1v) is 19.5. The number of phenolic OH excluding ortho intramolecular Hbond substituents is 2. The van der Waals surface area contributed by atoms with Gasteiger partial charge in [0.2, 0.25) is 0 Å². The molecule has 3 aromatic carbocycles. The van der Waals surface area contributed by atoms with Crippen molar-refractivity contribution < 1.29 is 34.7 Å². The van der Waals surface area contributed by atoms with E-state index in [0.29, 0.717) is 53.0 Å². The second-order valence-corrected chi connectivity index (χ2v) is 15.9. The molecule has 1 aliphatic heterocycles. The quantitative estimate of drug-likeness (QED) is 0.0984. The van der Waals surface area contributed by atoms with E-state index in [4.69, 9.17) is 15.2 Å². The number of ether oxygens (including phenoxy) is 2. The number of aliphatic hydroxyl groups is 2. The predicted molar refractivity (Wildman–Crippen MR) is 202 cm³/mol. The molecule has 0 radical (unpaired) electrons. The van der Waals surface area contributed by atoms with Crippen LogP contribution in [0, 0.1) is 29.6 Å². The summed E-state index contributed by atoms with van der Waals surface area (Å²) in [6.45, 7) is 0. The molecule has 8 nitrogen and oxygen atoms in total. The molecule has 8 heteroatoms. The Morgan fingerprint density at radius 1 is 0.923 bits per heavy atom. The highest BCUT2D eigenvalue weighted by Crippen LogP contribution is 2.56. The number of hydrogen-bond donors (Lipinski definition) is 5. The number of allylic oxidation sites excluding steroid dienone is 1. The van der Waals surface area contributed by atoms with E-state index in [9.17, 15) is 25.2 Å². The second kappa shape index (κ2) is 15.9. The van der Waals surface area contributed by atoms with Crippen molar-refractivity contribution >= 4 is 11.5 Å². The molecule has 7 rings (SSSR count). The van der Waals surface area contributed by atoms with Gasteiger partial charge in [0, 0.05) is 23.2 Å². The fourth-order valence-corrected chi connectivity index (χ4v) is 9.78. The lowest BCUT2D eigenvalue weighted by atomic mass is 9.66. The number of rotatable bonds is 11. The van der Waals surface area contributed by atoms with Crippen LogP contribution in [0.2, 0.25) is 0 Å². The highest BCUT2D eigenvalue weighted by molar-refractivity contribution is 6.04. The Balaban J connectivity index is 1.11. The number of Topliss-reactive ketones (excluding diaryl/α,β-unsaturated/α-hetero) is 1. The molecule has 6 N–H and O–H groups in total. The minimum Gasteiger partial charge on any atom is -0.508 e. The van der Waals surface area contributed by atoms with E-state index in [1.165, 1.54) is 45.6 Å². The number of anilines is 1. The fourth-order valence-electron chi connectivity index (χ4n) is 9.78. The molecule has 3 aromatic rings. The lowest BCUT2D eigenvalue weighted by molar-refractivity contribution is 0.0221. The molecule has 3 saturated carbocycles. The molecule has 3 fully saturated rings. The molecule has 1 heterocycles. The van der Waals surface area contributed by atoms with E-state index in [2.05, 4.69) is 0 Å². The number of nitrogen functional groups attached to an aromatic ring is 1. The minimum atomic E-state index is -0.588. The van der Waals surface area contributed by atoms with Crippen molar-refractivity contribution in [1.29, 1.82) is 0 Å². The number of aliphatic hydroxyl groups excluding tert-OH is 2. The van der Waals surface area contributed by atoms with E-state index in [1.807, 2.05) is 24.3 Å². The number of ketones is 1. The third-order valence-corrected chi connectivity index (χ3v) is 12.6. The van der Waals surface area contributed by atoms with Crippen LogP contribution in [0.15, 0.2) is 66.7 Å². The maximum Gasteiger partial charge on any atom is 0.174 e. The minimum absolute atomic E-state index is 0.103. The average molecular weight is 710 g/mol. The van der Waals surface area contributed by atoms with Crippen molar-refractivity contribution in [2.75, 3.05) is 12.8 Å². The summed E-state index contributed by atoms with van der Waals surface area (Å²) in [5.41, 5.74) is 9.71. The lowest BCUT2D eigenvalue weighted by Gasteiger charge is -2.40. The van der Waals surface area contributed by atoms with Gasteiger partial charge in [0.15, 0.2) is 5.78 Å². The Bertz CT molecular complexity index is 1720. The summed E-state index contributed by atoms with van der Waals surface area (Å²) in [5, 5.41) is 42.0. The molecule has 0 amide bonds. The number of benzene rings is 3. The Hall–Kier alpha value is -4.01. The number of phenols is 2. The highest BCUT2D eigenvalue weighted by Gasteiger charge is 2.48. The standard InChI is InChI=1S/C44H55NO7/c1-51-41-24-38(45)42(44-43(41)39(50)25-40(52-44)28-14-19-32(48)20-15-28)34(26-10-17-31(47)18-11-26)9-5-7-30(46)16-12-27-13-21-33(49)23-37(27)35-8-4-2-3-6-29-22-36(29)35/h5,9-11,14-15,17-20,24,27,29-30,33-37,40,46-49H,2-4,6-8,12-13,16,21-23,25,45H2,1H3/b9-5+. The van der Waals surface area contributed by atoms with Gasteiger partial charge < -0.3 is 35.6 Å². The first kappa shape index (κ1) is 36.4. The van der Waals surface area contributed by atoms with E-state index in [-0.39, 0.29) is 29.8 Å². The van der Waals surface area contributed by atoms with Gasteiger partial charge in [-0.1, -0.05) is 62.1 Å². The largest absolute Gasteiger partial charge is 0.508 e. The molecule has 9 atom stereocenters. The molecule has 52 heavy (non-hydrogen) atoms. The van der Waals surface area contributed by atoms with Crippen LogP contribution in [0.4, 0.5) is 5.69 Å². The maximum atomic E-state index is 13.7. The van der Waals surface area contributed by atoms with Crippen molar-refractivity contribution in [3.63, 3.8) is 0 Å². The molecule has 9 unspecified atom stereocenters. The van der Waals surface area contributed by atoms with Gasteiger partial charge in [-0.3, -0.25) is 4.79 Å². The van der Waals surface area contributed by atoms with Crippen LogP contribution in [0.25, 0.3) is 0 Å². The van der Waals surface area contributed by atoms with Gasteiger partial charge in [-0.25, -0.2) is 0 Å². The molecule has 0 bridgehead atoms. The maximum absolute atomic E-state index is 13.7. The van der Waals surface area contributed by atoms with Crippen molar-refractivity contribution in [2.24, 2.45) is 29.6 Å². The second-order valence-electron chi connectivity index (χ2n) is 15.9. The molecule has 0 aromatic heterocycles. The van der Waals surface area contributed by atoms with Crippen LogP contribution in [0.1, 0.15) is 123 Å². The molecular weight excluding hydrogens is 654 g/mol. The van der Waals surface area contributed by atoms with E-state index in [1.54, 1.807) is 42.5 Å². The van der Waals surface area contributed by atoms with Crippen LogP contribution >= 0.6 is 0 Å². The molecule has 4 aliphatic rings. The van der Waals surface area contributed by atoms with Gasteiger partial charge in [-0.2, -0.15) is 0 Å². The number of aromatic hydroxyl groups is 2. The normalized spacial score (nSPS) is 28.5. The zero-order chi connectivity index (χ0) is 36.4. The number of methoxy groups -OCH3 is 1. The Morgan fingerprint density at radius 3 is 2.40 bits per heavy atom. The monoisotopic (exact) mass is 709 g/mol. The Labute approximate surface area is 307 Å². The zero-order valence-electron chi connectivity index (χ0n) is 30.3. The summed E-state index contributed by atoms with van der Waals surface area (Å²) >= 11 is 0. The number of nitrogens with two attached hydrogens (primary N) is 1. The van der Waals surface area contributed by atoms with Gasteiger partial charge in [0.25, 0.3) is 0 Å². The number of hydrogen-bond acceptors (Lipinski definition) is 8. The highest BCUT2D eigenvalue weighted by atomic mass is 16.5. The summed E-state index contributed by atoms with van der Waals surface area (Å²) in [6, 6.07) is 15.2. The number of carbonyl (C=O) groups excluding carboxylic acids is 1. The van der Waals surface area contributed by atoms with Crippen LogP contribution in [-0.2, 0) is 0 Å². The molecule has 278 valence electrons. The van der Waals surface area contributed by atoms with E-state index >= 15 is 0 Å². The van der Waals surface area contributed by atoms with E-state index in [0.717, 1.165) is 54.6 Å². The number of fused-ring (bicyclic) bond motifs is 2. The summed E-state index contributed by atoms with van der Waals surface area (Å²) < 4.78 is 12.2. The predicted octanol–water partition coefficient (Wildman–Crippen LogP) is 8.61. The lowest BCUT2D eigenvalue weighted by Crippen LogP contribution is -2.35. The smallest absolute Gasteiger partial charge is 0.174 e. The first-order chi connectivity index (χ1) is 25.2.